The molecule has 0 aliphatic rings. The van der Waals surface area contributed by atoms with Gasteiger partial charge in [-0.15, -0.1) is 0 Å². The van der Waals surface area contributed by atoms with Crippen molar-refractivity contribution in [2.75, 3.05) is 19.5 Å². The van der Waals surface area contributed by atoms with Crippen molar-refractivity contribution >= 4 is 5.95 Å². The van der Waals surface area contributed by atoms with E-state index in [-0.39, 0.29) is 11.9 Å². The van der Waals surface area contributed by atoms with Gasteiger partial charge in [-0.3, -0.25) is 0 Å². The molecule has 0 spiro atoms. The molecule has 1 N–H and O–H groups in total. The van der Waals surface area contributed by atoms with Gasteiger partial charge in [0.1, 0.15) is 5.82 Å². The molecular weight excluding hydrogens is 273 g/mol. The van der Waals surface area contributed by atoms with Gasteiger partial charge in [-0.25, -0.2) is 4.39 Å². The van der Waals surface area contributed by atoms with Gasteiger partial charge in [-0.05, 0) is 31.0 Å². The highest BCUT2D eigenvalue weighted by Gasteiger charge is 2.09. The smallest absolute Gasteiger partial charge is 0.229 e. The highest BCUT2D eigenvalue weighted by atomic mass is 19.1. The van der Waals surface area contributed by atoms with Crippen LogP contribution in [0.1, 0.15) is 12.5 Å². The maximum Gasteiger partial charge on any atom is 0.229 e. The Morgan fingerprint density at radius 2 is 1.67 bits per heavy atom. The molecule has 2 rings (SSSR count). The van der Waals surface area contributed by atoms with E-state index in [4.69, 9.17) is 9.47 Å². The van der Waals surface area contributed by atoms with Crippen LogP contribution in [0.5, 0.6) is 11.8 Å². The van der Waals surface area contributed by atoms with Crippen molar-refractivity contribution < 1.29 is 13.9 Å². The fraction of sp³-hybridized carbons (Fsp3) is 0.333. The molecule has 1 aromatic carbocycles. The number of rotatable bonds is 6. The maximum absolute atomic E-state index is 12.9. The molecule has 1 unspecified atom stereocenters. The van der Waals surface area contributed by atoms with E-state index >= 15 is 0 Å². The van der Waals surface area contributed by atoms with Gasteiger partial charge in [-0.2, -0.15) is 9.97 Å². The van der Waals surface area contributed by atoms with E-state index in [1.54, 1.807) is 18.2 Å². The highest BCUT2D eigenvalue weighted by molar-refractivity contribution is 5.35. The Balaban J connectivity index is 2.04. The molecule has 0 aliphatic carbocycles. The number of halogens is 1. The van der Waals surface area contributed by atoms with Crippen LogP contribution in [0.15, 0.2) is 30.3 Å². The average molecular weight is 291 g/mol. The molecule has 1 atom stereocenters. The quantitative estimate of drug-likeness (QED) is 0.886. The van der Waals surface area contributed by atoms with Crippen LogP contribution in [0.2, 0.25) is 0 Å². The second-order valence-corrected chi connectivity index (χ2v) is 4.65. The Morgan fingerprint density at radius 1 is 1.10 bits per heavy atom. The summed E-state index contributed by atoms with van der Waals surface area (Å²) in [6, 6.07) is 8.12. The zero-order valence-electron chi connectivity index (χ0n) is 12.3. The fourth-order valence-electron chi connectivity index (χ4n) is 1.92. The molecule has 0 aliphatic heterocycles. The minimum absolute atomic E-state index is 0.0762. The predicted octanol–water partition coefficient (Wildman–Crippen LogP) is 2.68. The molecule has 5 nitrogen and oxygen atoms in total. The van der Waals surface area contributed by atoms with Crippen LogP contribution in [-0.4, -0.2) is 30.2 Å². The van der Waals surface area contributed by atoms with Crippen molar-refractivity contribution in [3.8, 4) is 11.8 Å². The molecule has 1 heterocycles. The predicted molar refractivity (Wildman–Crippen MR) is 78.3 cm³/mol. The van der Waals surface area contributed by atoms with Gasteiger partial charge in [0.2, 0.25) is 17.7 Å². The minimum Gasteiger partial charge on any atom is -0.481 e. The van der Waals surface area contributed by atoms with E-state index in [0.717, 1.165) is 12.0 Å². The summed E-state index contributed by atoms with van der Waals surface area (Å²) in [5.74, 6) is 1.05. The second kappa shape index (κ2) is 6.88. The van der Waals surface area contributed by atoms with Crippen molar-refractivity contribution in [2.45, 2.75) is 19.4 Å². The van der Waals surface area contributed by atoms with Crippen molar-refractivity contribution in [3.05, 3.63) is 41.7 Å². The highest BCUT2D eigenvalue weighted by Crippen LogP contribution is 2.18. The standard InChI is InChI=1S/C15H18FN3O2/c1-10(8-11-4-6-12(16)7-5-11)17-15-18-13(20-2)9-14(19-15)21-3/h4-7,9-10H,8H2,1-3H3,(H,17,18,19). The van der Waals surface area contributed by atoms with Gasteiger partial charge < -0.3 is 14.8 Å². The molecule has 0 fully saturated rings. The van der Waals surface area contributed by atoms with Gasteiger partial charge in [0.15, 0.2) is 0 Å². The fourth-order valence-corrected chi connectivity index (χ4v) is 1.92. The first-order valence-electron chi connectivity index (χ1n) is 6.58. The summed E-state index contributed by atoms with van der Waals surface area (Å²) in [6.45, 7) is 2.00. The molecule has 2 aromatic rings. The van der Waals surface area contributed by atoms with Crippen molar-refractivity contribution in [1.82, 2.24) is 9.97 Å². The van der Waals surface area contributed by atoms with Crippen LogP contribution in [0.25, 0.3) is 0 Å². The molecular formula is C15H18FN3O2. The van der Waals surface area contributed by atoms with E-state index in [9.17, 15) is 4.39 Å². The summed E-state index contributed by atoms with van der Waals surface area (Å²) in [7, 11) is 3.07. The normalized spacial score (nSPS) is 11.8. The summed E-state index contributed by atoms with van der Waals surface area (Å²) in [5, 5.41) is 3.18. The summed E-state index contributed by atoms with van der Waals surface area (Å²) in [5.41, 5.74) is 1.03. The zero-order chi connectivity index (χ0) is 15.2. The summed E-state index contributed by atoms with van der Waals surface area (Å²) in [4.78, 5) is 8.42. The third kappa shape index (κ3) is 4.30. The van der Waals surface area contributed by atoms with Gasteiger partial charge in [-0.1, -0.05) is 12.1 Å². The number of nitrogens with zero attached hydrogens (tertiary/aromatic N) is 2. The van der Waals surface area contributed by atoms with E-state index in [2.05, 4.69) is 15.3 Å². The molecule has 112 valence electrons. The van der Waals surface area contributed by atoms with E-state index in [1.807, 2.05) is 6.92 Å². The van der Waals surface area contributed by atoms with Crippen LogP contribution in [0.4, 0.5) is 10.3 Å². The number of benzene rings is 1. The number of hydrogen-bond donors (Lipinski definition) is 1. The van der Waals surface area contributed by atoms with Gasteiger partial charge >= 0.3 is 0 Å². The first-order valence-corrected chi connectivity index (χ1v) is 6.58. The topological polar surface area (TPSA) is 56.3 Å². The van der Waals surface area contributed by atoms with Gasteiger partial charge in [0, 0.05) is 6.04 Å². The number of hydrogen-bond acceptors (Lipinski definition) is 5. The number of nitrogens with one attached hydrogen (secondary N) is 1. The lowest BCUT2D eigenvalue weighted by Gasteiger charge is -2.15. The lowest BCUT2D eigenvalue weighted by atomic mass is 10.1. The molecule has 0 radical (unpaired) electrons. The number of ether oxygens (including phenoxy) is 2. The summed E-state index contributed by atoms with van der Waals surface area (Å²) in [6.07, 6.45) is 0.725. The molecule has 6 heteroatoms. The van der Waals surface area contributed by atoms with E-state index < -0.39 is 0 Å². The van der Waals surface area contributed by atoms with Gasteiger partial charge in [0.25, 0.3) is 0 Å². The monoisotopic (exact) mass is 291 g/mol. The van der Waals surface area contributed by atoms with Crippen LogP contribution >= 0.6 is 0 Å². The third-order valence-electron chi connectivity index (χ3n) is 2.93. The first-order chi connectivity index (χ1) is 10.1. The Labute approximate surface area is 123 Å². The number of methoxy groups -OCH3 is 2. The van der Waals surface area contributed by atoms with Gasteiger partial charge in [0.05, 0.1) is 20.3 Å². The number of aromatic nitrogens is 2. The Kier molecular flexibility index (Phi) is 4.92. The van der Waals surface area contributed by atoms with Crippen LogP contribution in [-0.2, 0) is 6.42 Å². The van der Waals surface area contributed by atoms with Crippen LogP contribution in [0, 0.1) is 5.82 Å². The SMILES string of the molecule is COc1cc(OC)nc(NC(C)Cc2ccc(F)cc2)n1. The van der Waals surface area contributed by atoms with Crippen LogP contribution < -0.4 is 14.8 Å². The first kappa shape index (κ1) is 15.0. The van der Waals surface area contributed by atoms with Crippen LogP contribution in [0.3, 0.4) is 0 Å². The Bertz CT molecular complexity index is 568. The van der Waals surface area contributed by atoms with Crippen molar-refractivity contribution in [3.63, 3.8) is 0 Å². The van der Waals surface area contributed by atoms with E-state index in [0.29, 0.717) is 17.7 Å². The molecule has 21 heavy (non-hydrogen) atoms. The van der Waals surface area contributed by atoms with Crippen molar-refractivity contribution in [1.29, 1.82) is 0 Å². The number of anilines is 1. The second-order valence-electron chi connectivity index (χ2n) is 4.65. The lowest BCUT2D eigenvalue weighted by molar-refractivity contribution is 0.372. The minimum atomic E-state index is -0.236. The average Bonchev–Trinajstić information content (AvgIpc) is 2.49. The third-order valence-corrected chi connectivity index (χ3v) is 2.93. The molecule has 1 aromatic heterocycles. The largest absolute Gasteiger partial charge is 0.481 e. The molecule has 0 saturated carbocycles. The van der Waals surface area contributed by atoms with Crippen molar-refractivity contribution in [2.24, 2.45) is 0 Å². The maximum atomic E-state index is 12.9. The van der Waals surface area contributed by atoms with E-state index in [1.165, 1.54) is 26.4 Å². The Hall–Kier alpha value is -2.37. The summed E-state index contributed by atoms with van der Waals surface area (Å²) < 4.78 is 23.1. The lowest BCUT2D eigenvalue weighted by Crippen LogP contribution is -2.20. The summed E-state index contributed by atoms with van der Waals surface area (Å²) >= 11 is 0. The Morgan fingerprint density at radius 3 is 2.19 bits per heavy atom. The molecule has 0 amide bonds. The molecule has 0 bridgehead atoms. The molecule has 0 saturated heterocycles. The zero-order valence-corrected chi connectivity index (χ0v) is 12.3.